The molecule has 0 bridgehead atoms. The quantitative estimate of drug-likeness (QED) is 0.404. The fourth-order valence-corrected chi connectivity index (χ4v) is 3.22. The number of ether oxygens (including phenoxy) is 2. The van der Waals surface area contributed by atoms with Crippen molar-refractivity contribution in [3.8, 4) is 11.5 Å². The number of anilines is 3. The Hall–Kier alpha value is -2.94. The number of nitrogens with one attached hydrogen (secondary N) is 3. The van der Waals surface area contributed by atoms with Crippen LogP contribution in [-0.2, 0) is 0 Å². The number of furan rings is 1. The standard InChI is InChI=1S/C20H17Cl2N3O4S/c1-27-17-10-18(28-2)15(9-13(17)22)25-20(30)23-11-5-6-14(12(21)8-11)24-19(26)16-4-3-7-29-16/h3-10H,1-2H3,(H,24,26)(H2,23,25,30). The van der Waals surface area contributed by atoms with Gasteiger partial charge in [-0.15, -0.1) is 0 Å². The number of hydrogen-bond acceptors (Lipinski definition) is 5. The van der Waals surface area contributed by atoms with Crippen molar-refractivity contribution < 1.29 is 18.7 Å². The normalized spacial score (nSPS) is 10.3. The molecule has 1 amide bonds. The zero-order chi connectivity index (χ0) is 21.7. The molecule has 0 spiro atoms. The first kappa shape index (κ1) is 21.8. The predicted molar refractivity (Wildman–Crippen MR) is 123 cm³/mol. The molecule has 0 fully saturated rings. The van der Waals surface area contributed by atoms with Crippen molar-refractivity contribution in [1.29, 1.82) is 0 Å². The van der Waals surface area contributed by atoms with E-state index in [1.54, 1.807) is 42.5 Å². The van der Waals surface area contributed by atoms with Gasteiger partial charge in [-0.2, -0.15) is 0 Å². The van der Waals surface area contributed by atoms with E-state index in [0.717, 1.165) is 0 Å². The van der Waals surface area contributed by atoms with Crippen molar-refractivity contribution in [2.45, 2.75) is 0 Å². The smallest absolute Gasteiger partial charge is 0.291 e. The third kappa shape index (κ3) is 5.15. The van der Waals surface area contributed by atoms with E-state index in [4.69, 9.17) is 49.3 Å². The van der Waals surface area contributed by atoms with Crippen LogP contribution in [-0.4, -0.2) is 25.2 Å². The minimum Gasteiger partial charge on any atom is -0.495 e. The second-order valence-electron chi connectivity index (χ2n) is 5.89. The summed E-state index contributed by atoms with van der Waals surface area (Å²) in [6.45, 7) is 0. The van der Waals surface area contributed by atoms with E-state index in [9.17, 15) is 4.79 Å². The fraction of sp³-hybridized carbons (Fsp3) is 0.100. The number of thiocarbonyl (C=S) groups is 1. The molecule has 0 aliphatic carbocycles. The lowest BCUT2D eigenvalue weighted by atomic mass is 10.2. The zero-order valence-corrected chi connectivity index (χ0v) is 18.2. The lowest BCUT2D eigenvalue weighted by molar-refractivity contribution is 0.0996. The summed E-state index contributed by atoms with van der Waals surface area (Å²) in [6, 6.07) is 11.5. The molecule has 156 valence electrons. The van der Waals surface area contributed by atoms with Gasteiger partial charge in [0.2, 0.25) is 0 Å². The van der Waals surface area contributed by atoms with Gasteiger partial charge in [-0.1, -0.05) is 23.2 Å². The Morgan fingerprint density at radius 1 is 0.933 bits per heavy atom. The molecule has 0 unspecified atom stereocenters. The molecule has 0 radical (unpaired) electrons. The van der Waals surface area contributed by atoms with Crippen LogP contribution in [0.4, 0.5) is 17.1 Å². The van der Waals surface area contributed by atoms with Crippen LogP contribution >= 0.6 is 35.4 Å². The average Bonchev–Trinajstić information content (AvgIpc) is 3.25. The fourth-order valence-electron chi connectivity index (χ4n) is 2.53. The second-order valence-corrected chi connectivity index (χ2v) is 7.11. The van der Waals surface area contributed by atoms with Crippen molar-refractivity contribution in [3.05, 3.63) is 64.5 Å². The molecule has 0 saturated heterocycles. The van der Waals surface area contributed by atoms with Crippen molar-refractivity contribution in [2.24, 2.45) is 0 Å². The molecule has 0 atom stereocenters. The van der Waals surface area contributed by atoms with E-state index < -0.39 is 5.91 Å². The highest BCUT2D eigenvalue weighted by atomic mass is 35.5. The summed E-state index contributed by atoms with van der Waals surface area (Å²) < 4.78 is 15.6. The minimum absolute atomic E-state index is 0.186. The van der Waals surface area contributed by atoms with Crippen molar-refractivity contribution >= 4 is 63.5 Å². The molecule has 7 nitrogen and oxygen atoms in total. The number of amides is 1. The molecule has 3 N–H and O–H groups in total. The molecular formula is C20H17Cl2N3O4S. The van der Waals surface area contributed by atoms with Gasteiger partial charge in [-0.25, -0.2) is 0 Å². The first-order valence-electron chi connectivity index (χ1n) is 8.55. The van der Waals surface area contributed by atoms with E-state index >= 15 is 0 Å². The molecule has 3 rings (SSSR count). The van der Waals surface area contributed by atoms with E-state index in [-0.39, 0.29) is 10.9 Å². The maximum Gasteiger partial charge on any atom is 0.291 e. The first-order chi connectivity index (χ1) is 14.4. The molecule has 3 aromatic rings. The predicted octanol–water partition coefficient (Wildman–Crippen LogP) is 5.66. The number of hydrogen-bond donors (Lipinski definition) is 3. The van der Waals surface area contributed by atoms with Crippen molar-refractivity contribution in [2.75, 3.05) is 30.2 Å². The van der Waals surface area contributed by atoms with Crippen LogP contribution in [0.15, 0.2) is 53.1 Å². The van der Waals surface area contributed by atoms with Gasteiger partial charge < -0.3 is 29.8 Å². The number of benzene rings is 2. The van der Waals surface area contributed by atoms with Gasteiger partial charge in [-0.05, 0) is 48.6 Å². The van der Waals surface area contributed by atoms with Crippen LogP contribution in [0, 0.1) is 0 Å². The number of methoxy groups -OCH3 is 2. The second kappa shape index (κ2) is 9.71. The molecule has 0 saturated carbocycles. The van der Waals surface area contributed by atoms with Gasteiger partial charge in [0.15, 0.2) is 10.9 Å². The largest absolute Gasteiger partial charge is 0.495 e. The van der Waals surface area contributed by atoms with Crippen LogP contribution < -0.4 is 25.4 Å². The van der Waals surface area contributed by atoms with Crippen LogP contribution in [0.2, 0.25) is 10.0 Å². The van der Waals surface area contributed by atoms with E-state index in [2.05, 4.69) is 16.0 Å². The van der Waals surface area contributed by atoms with Gasteiger partial charge in [-0.3, -0.25) is 4.79 Å². The summed E-state index contributed by atoms with van der Waals surface area (Å²) >= 11 is 17.8. The Balaban J connectivity index is 1.68. The topological polar surface area (TPSA) is 84.8 Å². The van der Waals surface area contributed by atoms with Crippen LogP contribution in [0.5, 0.6) is 11.5 Å². The maximum absolute atomic E-state index is 12.1. The molecule has 10 heteroatoms. The number of halogens is 2. The zero-order valence-electron chi connectivity index (χ0n) is 15.9. The van der Waals surface area contributed by atoms with Gasteiger partial charge in [0.1, 0.15) is 11.5 Å². The Bertz CT molecular complexity index is 1070. The monoisotopic (exact) mass is 465 g/mol. The first-order valence-corrected chi connectivity index (χ1v) is 9.71. The summed E-state index contributed by atoms with van der Waals surface area (Å²) in [5, 5.41) is 9.73. The lowest BCUT2D eigenvalue weighted by Crippen LogP contribution is -2.19. The van der Waals surface area contributed by atoms with Gasteiger partial charge >= 0.3 is 0 Å². The van der Waals surface area contributed by atoms with E-state index in [0.29, 0.717) is 38.6 Å². The summed E-state index contributed by atoms with van der Waals surface area (Å²) in [5.41, 5.74) is 1.62. The van der Waals surface area contributed by atoms with Crippen LogP contribution in [0.1, 0.15) is 10.6 Å². The highest BCUT2D eigenvalue weighted by Crippen LogP contribution is 2.36. The third-order valence-corrected chi connectivity index (χ3v) is 4.75. The summed E-state index contributed by atoms with van der Waals surface area (Å²) in [5.74, 6) is 0.778. The molecule has 0 aliphatic heterocycles. The molecule has 2 aromatic carbocycles. The van der Waals surface area contributed by atoms with Gasteiger partial charge in [0.25, 0.3) is 5.91 Å². The van der Waals surface area contributed by atoms with Crippen molar-refractivity contribution in [3.63, 3.8) is 0 Å². The molecule has 0 aliphatic rings. The van der Waals surface area contributed by atoms with E-state index in [1.165, 1.54) is 20.5 Å². The summed E-state index contributed by atoms with van der Waals surface area (Å²) in [6.07, 6.45) is 1.42. The molecule has 1 heterocycles. The third-order valence-electron chi connectivity index (χ3n) is 3.94. The Labute approximate surface area is 188 Å². The van der Waals surface area contributed by atoms with Gasteiger partial charge in [0.05, 0.1) is 41.9 Å². The number of carbonyl (C=O) groups is 1. The molecule has 30 heavy (non-hydrogen) atoms. The Kier molecular flexibility index (Phi) is 7.04. The lowest BCUT2D eigenvalue weighted by Gasteiger charge is -2.16. The summed E-state index contributed by atoms with van der Waals surface area (Å²) in [7, 11) is 3.05. The highest BCUT2D eigenvalue weighted by Gasteiger charge is 2.13. The SMILES string of the molecule is COc1cc(OC)c(NC(=S)Nc2ccc(NC(=O)c3ccco3)c(Cl)c2)cc1Cl. The average molecular weight is 466 g/mol. The summed E-state index contributed by atoms with van der Waals surface area (Å²) in [4.78, 5) is 12.1. The van der Waals surface area contributed by atoms with Gasteiger partial charge in [0, 0.05) is 11.8 Å². The molecular weight excluding hydrogens is 449 g/mol. The Morgan fingerprint density at radius 2 is 1.70 bits per heavy atom. The Morgan fingerprint density at radius 3 is 2.33 bits per heavy atom. The van der Waals surface area contributed by atoms with Crippen LogP contribution in [0.25, 0.3) is 0 Å². The van der Waals surface area contributed by atoms with Crippen LogP contribution in [0.3, 0.4) is 0 Å². The van der Waals surface area contributed by atoms with E-state index in [1.807, 2.05) is 0 Å². The maximum atomic E-state index is 12.1. The number of carbonyl (C=O) groups excluding carboxylic acids is 1. The highest BCUT2D eigenvalue weighted by molar-refractivity contribution is 7.80. The number of rotatable bonds is 6. The van der Waals surface area contributed by atoms with Crippen molar-refractivity contribution in [1.82, 2.24) is 0 Å². The molecule has 1 aromatic heterocycles. The minimum atomic E-state index is -0.400.